The topological polar surface area (TPSA) is 37.3 Å². The summed E-state index contributed by atoms with van der Waals surface area (Å²) in [6.45, 7) is 18.3. The summed E-state index contributed by atoms with van der Waals surface area (Å²) in [6, 6.07) is 0. The quantitative estimate of drug-likeness (QED) is 0.366. The van der Waals surface area contributed by atoms with Gasteiger partial charge in [0.25, 0.3) is 0 Å². The van der Waals surface area contributed by atoms with Gasteiger partial charge in [0.05, 0.1) is 5.92 Å². The minimum absolute atomic E-state index is 0.111. The van der Waals surface area contributed by atoms with Gasteiger partial charge in [0.15, 0.2) is 0 Å². The fourth-order valence-corrected chi connectivity index (χ4v) is 14.2. The molecule has 0 heterocycles. The number of aliphatic carboxylic acids is 1. The van der Waals surface area contributed by atoms with Crippen LogP contribution in [-0.4, -0.2) is 30.8 Å². The summed E-state index contributed by atoms with van der Waals surface area (Å²) in [5.41, 5.74) is 0. The molecule has 2 nitrogen and oxygen atoms in total. The minimum Gasteiger partial charge on any atom is -0.481 e. The summed E-state index contributed by atoms with van der Waals surface area (Å²) in [6.07, 6.45) is 3.71. The fraction of sp³-hybridized carbons (Fsp3) is 0.950. The van der Waals surface area contributed by atoms with Crippen LogP contribution in [-0.2, 0) is 4.79 Å². The van der Waals surface area contributed by atoms with Gasteiger partial charge in [-0.15, -0.1) is 0 Å². The second-order valence-electron chi connectivity index (χ2n) is 8.13. The van der Waals surface area contributed by atoms with E-state index in [1.54, 1.807) is 13.3 Å². The van der Waals surface area contributed by atoms with Gasteiger partial charge in [-0.1, -0.05) is 26.7 Å². The zero-order valence-electron chi connectivity index (χ0n) is 17.1. The molecule has 0 fully saturated rings. The summed E-state index contributed by atoms with van der Waals surface area (Å²) in [5.74, 6) is 2.10. The normalized spacial score (nSPS) is 12.7. The van der Waals surface area contributed by atoms with Crippen molar-refractivity contribution in [3.63, 3.8) is 0 Å². The van der Waals surface area contributed by atoms with Crippen LogP contribution in [0.1, 0.15) is 81.1 Å². The Morgan fingerprint density at radius 3 is 1.48 bits per heavy atom. The van der Waals surface area contributed by atoms with Crippen molar-refractivity contribution in [2.75, 3.05) is 0 Å². The van der Waals surface area contributed by atoms with E-state index in [0.29, 0.717) is 0 Å². The van der Waals surface area contributed by atoms with Crippen LogP contribution in [0.4, 0.5) is 0 Å². The molecule has 23 heavy (non-hydrogen) atoms. The molecule has 0 aliphatic rings. The average molecular weight is 434 g/mol. The summed E-state index contributed by atoms with van der Waals surface area (Å²) < 4.78 is 4.83. The van der Waals surface area contributed by atoms with Gasteiger partial charge in [-0.2, -0.15) is 0 Å². The maximum absolute atomic E-state index is 10.4. The van der Waals surface area contributed by atoms with Crippen molar-refractivity contribution in [3.8, 4) is 0 Å². The zero-order chi connectivity index (χ0) is 18.4. The number of carboxylic acids is 1. The number of carbonyl (C=O) groups is 1. The number of carboxylic acid groups (broad SMARTS) is 1. The smallest absolute Gasteiger partial charge is 0.306 e. The Kier molecular flexibility index (Phi) is 17.5. The number of hydrogen-bond acceptors (Lipinski definition) is 1. The first-order valence-corrected chi connectivity index (χ1v) is 15.8. The van der Waals surface area contributed by atoms with E-state index in [9.17, 15) is 4.79 Å². The van der Waals surface area contributed by atoms with Gasteiger partial charge in [0.2, 0.25) is 0 Å². The molecule has 1 unspecified atom stereocenters. The van der Waals surface area contributed by atoms with Crippen molar-refractivity contribution in [1.82, 2.24) is 0 Å². The molecule has 0 aliphatic heterocycles. The molecule has 0 amide bonds. The number of unbranched alkanes of at least 4 members (excludes halogenated alkanes) is 1. The number of rotatable bonds is 11. The largest absolute Gasteiger partial charge is 0.481 e. The Bertz CT molecular complexity index is 251. The molecule has 3 heteroatoms. The maximum Gasteiger partial charge on any atom is 0.306 e. The predicted molar refractivity (Wildman–Crippen MR) is 106 cm³/mol. The van der Waals surface area contributed by atoms with Crippen LogP contribution in [0.2, 0.25) is 13.3 Å². The average Bonchev–Trinajstić information content (AvgIpc) is 2.37. The van der Waals surface area contributed by atoms with E-state index >= 15 is 0 Å². The summed E-state index contributed by atoms with van der Waals surface area (Å²) >= 11 is -0.976. The second kappa shape index (κ2) is 15.8. The van der Waals surface area contributed by atoms with Gasteiger partial charge in [-0.05, 0) is 12.8 Å². The van der Waals surface area contributed by atoms with Crippen LogP contribution >= 0.6 is 0 Å². The molecule has 0 saturated carbocycles. The Balaban J connectivity index is 0. The molecule has 0 spiro atoms. The molecule has 1 radical (unpaired) electrons. The summed E-state index contributed by atoms with van der Waals surface area (Å²) in [7, 11) is 0. The van der Waals surface area contributed by atoms with E-state index in [-0.39, 0.29) is 5.92 Å². The first kappa shape index (κ1) is 25.5. The zero-order valence-corrected chi connectivity index (χ0v) is 20.0. The van der Waals surface area contributed by atoms with Crippen LogP contribution in [0.3, 0.4) is 0 Å². The van der Waals surface area contributed by atoms with Crippen LogP contribution < -0.4 is 0 Å². The van der Waals surface area contributed by atoms with Gasteiger partial charge in [-0.25, -0.2) is 0 Å². The van der Waals surface area contributed by atoms with Crippen LogP contribution in [0, 0.1) is 23.7 Å². The van der Waals surface area contributed by atoms with Gasteiger partial charge in [-0.3, -0.25) is 4.79 Å². The molecule has 1 N–H and O–H groups in total. The van der Waals surface area contributed by atoms with Gasteiger partial charge in [0, 0.05) is 0 Å². The SMILES string of the molecule is CC(C)[CH2][Sn]([CH2]C(C)C)[CH2]C(C)C.CCCCC(CC)C(=O)O. The van der Waals surface area contributed by atoms with Crippen molar-refractivity contribution >= 4 is 25.7 Å². The Labute approximate surface area is 153 Å². The monoisotopic (exact) mass is 435 g/mol. The second-order valence-corrected chi connectivity index (χ2v) is 15.9. The van der Waals surface area contributed by atoms with E-state index in [4.69, 9.17) is 5.11 Å². The third-order valence-electron chi connectivity index (χ3n) is 3.84. The van der Waals surface area contributed by atoms with E-state index < -0.39 is 25.7 Å². The standard InChI is InChI=1S/C8H16O2.3C4H9.Sn/c1-3-5-6-7(4-2)8(9)10;3*1-4(2)3;/h7H,3-6H2,1-2H3,(H,9,10);3*4H,1H2,2-3H3;. The molecule has 0 aliphatic carbocycles. The van der Waals surface area contributed by atoms with Crippen molar-refractivity contribution in [2.45, 2.75) is 94.4 Å². The maximum atomic E-state index is 10.4. The first-order valence-electron chi connectivity index (χ1n) is 9.70. The summed E-state index contributed by atoms with van der Waals surface area (Å²) in [4.78, 5) is 10.4. The van der Waals surface area contributed by atoms with E-state index in [0.717, 1.165) is 43.4 Å². The van der Waals surface area contributed by atoms with Gasteiger partial charge < -0.3 is 5.11 Å². The van der Waals surface area contributed by atoms with E-state index in [2.05, 4.69) is 48.5 Å². The molecule has 0 saturated heterocycles. The van der Waals surface area contributed by atoms with Crippen LogP contribution in [0.5, 0.6) is 0 Å². The Morgan fingerprint density at radius 2 is 1.26 bits per heavy atom. The van der Waals surface area contributed by atoms with Crippen molar-refractivity contribution in [2.24, 2.45) is 23.7 Å². The minimum atomic E-state index is -0.976. The molecule has 0 bridgehead atoms. The molecule has 0 aromatic carbocycles. The third-order valence-corrected chi connectivity index (χ3v) is 15.8. The number of hydrogen-bond donors (Lipinski definition) is 1. The van der Waals surface area contributed by atoms with Crippen molar-refractivity contribution in [3.05, 3.63) is 0 Å². The summed E-state index contributed by atoms with van der Waals surface area (Å²) in [5, 5.41) is 8.60. The molecule has 0 aromatic rings. The first-order chi connectivity index (χ1) is 10.6. The molecular formula is C20H43O2Sn. The molecule has 139 valence electrons. The van der Waals surface area contributed by atoms with Crippen LogP contribution in [0.25, 0.3) is 0 Å². The fourth-order valence-electron chi connectivity index (χ4n) is 2.93. The Hall–Kier alpha value is 0.269. The van der Waals surface area contributed by atoms with Crippen molar-refractivity contribution in [1.29, 1.82) is 0 Å². The van der Waals surface area contributed by atoms with Gasteiger partial charge in [0.1, 0.15) is 0 Å². The van der Waals surface area contributed by atoms with Gasteiger partial charge >= 0.3 is 98.3 Å². The predicted octanol–water partition coefficient (Wildman–Crippen LogP) is 6.74. The van der Waals surface area contributed by atoms with E-state index in [1.165, 1.54) is 0 Å². The Morgan fingerprint density at radius 1 is 0.870 bits per heavy atom. The third kappa shape index (κ3) is 18.4. The molecule has 0 aromatic heterocycles. The molecular weight excluding hydrogens is 391 g/mol. The van der Waals surface area contributed by atoms with Crippen LogP contribution in [0.15, 0.2) is 0 Å². The van der Waals surface area contributed by atoms with Crippen molar-refractivity contribution < 1.29 is 9.90 Å². The molecule has 0 rings (SSSR count). The molecule has 1 atom stereocenters. The van der Waals surface area contributed by atoms with E-state index in [1.807, 2.05) is 6.92 Å².